The van der Waals surface area contributed by atoms with Gasteiger partial charge in [0, 0.05) is 22.2 Å². The summed E-state index contributed by atoms with van der Waals surface area (Å²) in [6, 6.07) is 11.4. The Kier molecular flexibility index (Phi) is 12.4. The van der Waals surface area contributed by atoms with Gasteiger partial charge in [-0.3, -0.25) is 0 Å². The average molecular weight is 447 g/mol. The Hall–Kier alpha value is -1.13. The monoisotopic (exact) mass is 445 g/mol. The molecule has 1 N–H and O–H groups in total. The number of rotatable bonds is 12. The Morgan fingerprint density at radius 1 is 0.929 bits per heavy atom. The normalized spacial score (nSPS) is 10.4. The molecule has 0 unspecified atom stereocenters. The fourth-order valence-electron chi connectivity index (χ4n) is 2.85. The summed E-state index contributed by atoms with van der Waals surface area (Å²) in [5, 5.41) is 4.69. The van der Waals surface area contributed by atoms with Gasteiger partial charge in [0.25, 0.3) is 0 Å². The zero-order valence-corrected chi connectivity index (χ0v) is 18.9. The first-order valence-electron chi connectivity index (χ1n) is 9.59. The molecule has 0 bridgehead atoms. The Bertz CT molecular complexity index is 690. The van der Waals surface area contributed by atoms with Crippen LogP contribution in [-0.4, -0.2) is 13.7 Å². The average Bonchev–Trinajstić information content (AvgIpc) is 2.67. The SMILES string of the molecule is CCCCCCCNCc1ccc(OCc2c(Cl)cccc2Cl)c(OC)c1.Cl. The van der Waals surface area contributed by atoms with E-state index in [9.17, 15) is 0 Å². The van der Waals surface area contributed by atoms with Crippen molar-refractivity contribution in [1.29, 1.82) is 0 Å². The highest BCUT2D eigenvalue weighted by molar-refractivity contribution is 6.35. The van der Waals surface area contributed by atoms with Crippen molar-refractivity contribution in [3.63, 3.8) is 0 Å². The molecule has 0 amide bonds. The summed E-state index contributed by atoms with van der Waals surface area (Å²) in [6.45, 7) is 4.39. The highest BCUT2D eigenvalue weighted by atomic mass is 35.5. The van der Waals surface area contributed by atoms with Crippen LogP contribution < -0.4 is 14.8 Å². The molecular weight excluding hydrogens is 417 g/mol. The number of nitrogens with one attached hydrogen (secondary N) is 1. The highest BCUT2D eigenvalue weighted by Crippen LogP contribution is 2.31. The van der Waals surface area contributed by atoms with Gasteiger partial charge in [-0.15, -0.1) is 12.4 Å². The molecule has 0 aromatic heterocycles. The summed E-state index contributed by atoms with van der Waals surface area (Å²) < 4.78 is 11.4. The van der Waals surface area contributed by atoms with Gasteiger partial charge in [0.05, 0.1) is 7.11 Å². The van der Waals surface area contributed by atoms with Crippen molar-refractivity contribution < 1.29 is 9.47 Å². The lowest BCUT2D eigenvalue weighted by molar-refractivity contribution is 0.284. The van der Waals surface area contributed by atoms with E-state index in [0.29, 0.717) is 28.2 Å². The van der Waals surface area contributed by atoms with E-state index in [2.05, 4.69) is 18.3 Å². The van der Waals surface area contributed by atoms with Crippen LogP contribution >= 0.6 is 35.6 Å². The molecular formula is C22H30Cl3NO2. The summed E-state index contributed by atoms with van der Waals surface area (Å²) in [5.74, 6) is 1.39. The van der Waals surface area contributed by atoms with Gasteiger partial charge in [0.1, 0.15) is 6.61 Å². The van der Waals surface area contributed by atoms with E-state index in [-0.39, 0.29) is 12.4 Å². The van der Waals surface area contributed by atoms with Gasteiger partial charge < -0.3 is 14.8 Å². The second kappa shape index (κ2) is 13.9. The van der Waals surface area contributed by atoms with Gasteiger partial charge in [0.15, 0.2) is 11.5 Å². The van der Waals surface area contributed by atoms with Crippen molar-refractivity contribution in [2.24, 2.45) is 0 Å². The summed E-state index contributed by atoms with van der Waals surface area (Å²) in [7, 11) is 1.65. The second-order valence-electron chi connectivity index (χ2n) is 6.57. The molecule has 0 aliphatic heterocycles. The molecule has 2 rings (SSSR count). The van der Waals surface area contributed by atoms with E-state index in [4.69, 9.17) is 32.7 Å². The van der Waals surface area contributed by atoms with E-state index < -0.39 is 0 Å². The smallest absolute Gasteiger partial charge is 0.161 e. The maximum atomic E-state index is 6.20. The van der Waals surface area contributed by atoms with Gasteiger partial charge in [-0.1, -0.05) is 67.9 Å². The number of hydrogen-bond acceptors (Lipinski definition) is 3. The summed E-state index contributed by atoms with van der Waals surface area (Å²) in [4.78, 5) is 0. The molecule has 0 saturated carbocycles. The first-order valence-corrected chi connectivity index (χ1v) is 10.3. The van der Waals surface area contributed by atoms with Crippen LogP contribution in [0.2, 0.25) is 10.0 Å². The molecule has 0 radical (unpaired) electrons. The molecule has 2 aromatic rings. The van der Waals surface area contributed by atoms with Gasteiger partial charge in [-0.05, 0) is 42.8 Å². The summed E-state index contributed by atoms with van der Waals surface area (Å²) >= 11 is 12.4. The summed E-state index contributed by atoms with van der Waals surface area (Å²) in [5.41, 5.74) is 1.94. The van der Waals surface area contributed by atoms with E-state index in [0.717, 1.165) is 18.7 Å². The number of methoxy groups -OCH3 is 1. The molecule has 156 valence electrons. The van der Waals surface area contributed by atoms with Crippen LogP contribution in [0.3, 0.4) is 0 Å². The lowest BCUT2D eigenvalue weighted by atomic mass is 10.1. The number of hydrogen-bond donors (Lipinski definition) is 1. The maximum Gasteiger partial charge on any atom is 0.161 e. The third-order valence-electron chi connectivity index (χ3n) is 4.45. The molecule has 2 aromatic carbocycles. The molecule has 3 nitrogen and oxygen atoms in total. The second-order valence-corrected chi connectivity index (χ2v) is 7.38. The summed E-state index contributed by atoms with van der Waals surface area (Å²) in [6.07, 6.45) is 6.45. The molecule has 0 spiro atoms. The van der Waals surface area contributed by atoms with Crippen molar-refractivity contribution in [3.05, 3.63) is 57.6 Å². The lowest BCUT2D eigenvalue weighted by Crippen LogP contribution is -2.14. The van der Waals surface area contributed by atoms with Crippen LogP contribution in [0.5, 0.6) is 11.5 Å². The molecule has 0 aliphatic rings. The minimum atomic E-state index is 0. The maximum absolute atomic E-state index is 6.20. The largest absolute Gasteiger partial charge is 0.493 e. The zero-order valence-electron chi connectivity index (χ0n) is 16.6. The van der Waals surface area contributed by atoms with Crippen LogP contribution in [0, 0.1) is 0 Å². The molecule has 0 fully saturated rings. The Morgan fingerprint density at radius 3 is 2.32 bits per heavy atom. The van der Waals surface area contributed by atoms with E-state index in [1.54, 1.807) is 19.2 Å². The van der Waals surface area contributed by atoms with Crippen LogP contribution in [0.1, 0.15) is 50.2 Å². The number of unbranched alkanes of at least 4 members (excludes halogenated alkanes) is 4. The van der Waals surface area contributed by atoms with Crippen LogP contribution in [0.25, 0.3) is 0 Å². The van der Waals surface area contributed by atoms with E-state index in [1.807, 2.05) is 18.2 Å². The Labute approximate surface area is 185 Å². The third-order valence-corrected chi connectivity index (χ3v) is 5.16. The predicted octanol–water partition coefficient (Wildman–Crippen LogP) is 7.06. The van der Waals surface area contributed by atoms with Crippen LogP contribution in [0.15, 0.2) is 36.4 Å². The van der Waals surface area contributed by atoms with Gasteiger partial charge in [0.2, 0.25) is 0 Å². The lowest BCUT2D eigenvalue weighted by Gasteiger charge is -2.14. The standard InChI is InChI=1S/C22H29Cl2NO2.ClH/c1-3-4-5-6-7-13-25-15-17-11-12-21(22(14-17)26-2)27-16-18-19(23)9-8-10-20(18)24;/h8-12,14,25H,3-7,13,15-16H2,1-2H3;1H. The van der Waals surface area contributed by atoms with Crippen molar-refractivity contribution in [2.75, 3.05) is 13.7 Å². The van der Waals surface area contributed by atoms with Crippen molar-refractivity contribution in [2.45, 2.75) is 52.2 Å². The van der Waals surface area contributed by atoms with E-state index in [1.165, 1.54) is 37.7 Å². The topological polar surface area (TPSA) is 30.5 Å². The fraction of sp³-hybridized carbons (Fsp3) is 0.455. The van der Waals surface area contributed by atoms with E-state index >= 15 is 0 Å². The molecule has 0 atom stereocenters. The van der Waals surface area contributed by atoms with Gasteiger partial charge in [-0.25, -0.2) is 0 Å². The van der Waals surface area contributed by atoms with Crippen LogP contribution in [0.4, 0.5) is 0 Å². The minimum Gasteiger partial charge on any atom is -0.493 e. The fourth-order valence-corrected chi connectivity index (χ4v) is 3.35. The van der Waals surface area contributed by atoms with Crippen LogP contribution in [-0.2, 0) is 13.2 Å². The van der Waals surface area contributed by atoms with Crippen molar-refractivity contribution in [1.82, 2.24) is 5.32 Å². The first-order chi connectivity index (χ1) is 13.2. The zero-order chi connectivity index (χ0) is 19.5. The van der Waals surface area contributed by atoms with Crippen molar-refractivity contribution in [3.8, 4) is 11.5 Å². The molecule has 28 heavy (non-hydrogen) atoms. The predicted molar refractivity (Wildman–Crippen MR) is 122 cm³/mol. The number of halogens is 3. The number of benzene rings is 2. The molecule has 0 heterocycles. The third kappa shape index (κ3) is 8.08. The first kappa shape index (κ1) is 24.9. The minimum absolute atomic E-state index is 0. The van der Waals surface area contributed by atoms with Gasteiger partial charge in [-0.2, -0.15) is 0 Å². The quantitative estimate of drug-likeness (QED) is 0.354. The molecule has 6 heteroatoms. The number of ether oxygens (including phenoxy) is 2. The Morgan fingerprint density at radius 2 is 1.64 bits per heavy atom. The Balaban J connectivity index is 0.00000392. The molecule has 0 aliphatic carbocycles. The van der Waals surface area contributed by atoms with Crippen molar-refractivity contribution >= 4 is 35.6 Å². The van der Waals surface area contributed by atoms with Gasteiger partial charge >= 0.3 is 0 Å². The molecule has 0 saturated heterocycles. The highest BCUT2D eigenvalue weighted by Gasteiger charge is 2.10.